The number of fused-ring (bicyclic) bond motifs is 1. The van der Waals surface area contributed by atoms with Crippen molar-refractivity contribution in [3.63, 3.8) is 0 Å². The molecular weight excluding hydrogens is 462 g/mol. The van der Waals surface area contributed by atoms with Gasteiger partial charge in [-0.15, -0.1) is 22.9 Å². The van der Waals surface area contributed by atoms with Gasteiger partial charge < -0.3 is 9.97 Å². The fourth-order valence-corrected chi connectivity index (χ4v) is 4.39. The predicted octanol–water partition coefficient (Wildman–Crippen LogP) is 4.61. The molecule has 1 aromatic carbocycles. The van der Waals surface area contributed by atoms with Crippen LogP contribution in [0.15, 0.2) is 32.8 Å². The zero-order valence-electron chi connectivity index (χ0n) is 9.34. The van der Waals surface area contributed by atoms with Crippen LogP contribution in [0.1, 0.15) is 16.5 Å². The van der Waals surface area contributed by atoms with Gasteiger partial charge in [-0.1, -0.05) is 15.9 Å². The highest BCUT2D eigenvalue weighted by Crippen LogP contribution is 2.37. The Morgan fingerprint density at radius 1 is 1.26 bits per heavy atom. The zero-order chi connectivity index (χ0) is 13.6. The minimum atomic E-state index is -0.239. The molecule has 0 aliphatic carbocycles. The molecule has 0 fully saturated rings. The van der Waals surface area contributed by atoms with Gasteiger partial charge in [0.15, 0.2) is 0 Å². The van der Waals surface area contributed by atoms with E-state index in [2.05, 4.69) is 59.9 Å². The van der Waals surface area contributed by atoms with E-state index in [1.807, 2.05) is 12.1 Å². The summed E-state index contributed by atoms with van der Waals surface area (Å²) in [5.74, 6) is 0. The number of hydrogen-bond donors (Lipinski definition) is 2. The van der Waals surface area contributed by atoms with Gasteiger partial charge in [-0.3, -0.25) is 0 Å². The van der Waals surface area contributed by atoms with Crippen molar-refractivity contribution < 1.29 is 0 Å². The summed E-state index contributed by atoms with van der Waals surface area (Å²) in [5.41, 5.74) is 3.33. The van der Waals surface area contributed by atoms with Crippen molar-refractivity contribution in [2.75, 3.05) is 0 Å². The third-order valence-corrected chi connectivity index (χ3v) is 5.77. The first-order valence-corrected chi connectivity index (χ1v) is 8.53. The fraction of sp³-hybridized carbons (Fsp3) is 0.0833. The molecular formula is C12H7BrClIN2OS. The molecule has 0 aliphatic rings. The molecule has 0 radical (unpaired) electrons. The normalized spacial score (nSPS) is 13.0. The smallest absolute Gasteiger partial charge is 0.306 e. The van der Waals surface area contributed by atoms with Gasteiger partial charge in [0.25, 0.3) is 0 Å². The topological polar surface area (TPSA) is 48.6 Å². The molecule has 3 aromatic rings. The summed E-state index contributed by atoms with van der Waals surface area (Å²) < 4.78 is 2.09. The van der Waals surface area contributed by atoms with Crippen LogP contribution < -0.4 is 5.69 Å². The largest absolute Gasteiger partial charge is 0.323 e. The Balaban J connectivity index is 2.13. The lowest BCUT2D eigenvalue weighted by atomic mass is 10.1. The molecule has 0 saturated carbocycles. The highest BCUT2D eigenvalue weighted by molar-refractivity contribution is 14.1. The van der Waals surface area contributed by atoms with Crippen molar-refractivity contribution in [3.8, 4) is 0 Å². The van der Waals surface area contributed by atoms with Crippen molar-refractivity contribution in [1.29, 1.82) is 0 Å². The number of aromatic amines is 2. The molecule has 1 atom stereocenters. The Morgan fingerprint density at radius 3 is 2.58 bits per heavy atom. The molecule has 0 bridgehead atoms. The van der Waals surface area contributed by atoms with Gasteiger partial charge >= 0.3 is 5.69 Å². The van der Waals surface area contributed by atoms with Crippen LogP contribution in [0.2, 0.25) is 0 Å². The number of aromatic nitrogens is 2. The highest BCUT2D eigenvalue weighted by atomic mass is 127. The van der Waals surface area contributed by atoms with E-state index in [9.17, 15) is 4.79 Å². The summed E-state index contributed by atoms with van der Waals surface area (Å²) in [6.07, 6.45) is 0. The first-order valence-electron chi connectivity index (χ1n) is 5.34. The molecule has 1 unspecified atom stereocenters. The molecule has 19 heavy (non-hydrogen) atoms. The van der Waals surface area contributed by atoms with Gasteiger partial charge in [0, 0.05) is 4.47 Å². The third kappa shape index (κ3) is 2.63. The molecule has 3 nitrogen and oxygen atoms in total. The van der Waals surface area contributed by atoms with Crippen molar-refractivity contribution in [3.05, 3.63) is 52.5 Å². The van der Waals surface area contributed by atoms with Crippen LogP contribution in [0.25, 0.3) is 11.0 Å². The molecule has 0 amide bonds. The Bertz CT molecular complexity index is 810. The lowest BCUT2D eigenvalue weighted by Gasteiger charge is -2.10. The van der Waals surface area contributed by atoms with Gasteiger partial charge in [-0.05, 0) is 57.3 Å². The molecule has 0 saturated heterocycles. The highest BCUT2D eigenvalue weighted by Gasteiger charge is 2.17. The Kier molecular flexibility index (Phi) is 3.76. The molecule has 2 heterocycles. The number of hydrogen-bond acceptors (Lipinski definition) is 2. The molecule has 98 valence electrons. The number of halogens is 3. The number of nitrogens with one attached hydrogen (secondary N) is 2. The molecule has 2 N–H and O–H groups in total. The van der Waals surface area contributed by atoms with E-state index in [0.29, 0.717) is 0 Å². The quantitative estimate of drug-likeness (QED) is 0.418. The van der Waals surface area contributed by atoms with Crippen LogP contribution in [-0.4, -0.2) is 9.97 Å². The van der Waals surface area contributed by atoms with Gasteiger partial charge in [0.05, 0.1) is 19.3 Å². The number of benzene rings is 1. The summed E-state index contributed by atoms with van der Waals surface area (Å²) in [7, 11) is 0. The maximum Gasteiger partial charge on any atom is 0.323 e. The first kappa shape index (κ1) is 13.7. The summed E-state index contributed by atoms with van der Waals surface area (Å²) in [6, 6.07) is 5.84. The standard InChI is InChI=1S/C12H7BrClIN2OS/c13-7-3-9-8(16-12(18)17-9)2-6(7)11(14)5-1-10(15)19-4-5/h1-4,11H,(H2,16,17,18). The van der Waals surface area contributed by atoms with Crippen molar-refractivity contribution in [2.45, 2.75) is 5.38 Å². The van der Waals surface area contributed by atoms with E-state index in [-0.39, 0.29) is 11.1 Å². The first-order chi connectivity index (χ1) is 9.04. The molecule has 3 rings (SSSR count). The minimum Gasteiger partial charge on any atom is -0.306 e. The van der Waals surface area contributed by atoms with Crippen molar-refractivity contribution >= 4 is 72.5 Å². The molecule has 7 heteroatoms. The fourth-order valence-electron chi connectivity index (χ4n) is 1.90. The average Bonchev–Trinajstić information content (AvgIpc) is 2.92. The molecule has 0 aliphatic heterocycles. The summed E-state index contributed by atoms with van der Waals surface area (Å²) in [5, 5.41) is 1.81. The Labute approximate surface area is 139 Å². The van der Waals surface area contributed by atoms with E-state index in [4.69, 9.17) is 11.6 Å². The van der Waals surface area contributed by atoms with E-state index in [1.54, 1.807) is 11.3 Å². The van der Waals surface area contributed by atoms with E-state index in [0.717, 1.165) is 26.6 Å². The number of alkyl halides is 1. The van der Waals surface area contributed by atoms with E-state index in [1.165, 1.54) is 2.88 Å². The van der Waals surface area contributed by atoms with E-state index < -0.39 is 0 Å². The van der Waals surface area contributed by atoms with Crippen LogP contribution in [0, 0.1) is 2.88 Å². The second-order valence-corrected chi connectivity index (χ2v) is 8.14. The number of H-pyrrole nitrogens is 2. The monoisotopic (exact) mass is 468 g/mol. The maximum atomic E-state index is 11.3. The number of thiophene rings is 1. The van der Waals surface area contributed by atoms with Crippen LogP contribution in [-0.2, 0) is 0 Å². The minimum absolute atomic E-state index is 0.213. The van der Waals surface area contributed by atoms with Gasteiger partial charge in [-0.2, -0.15) is 0 Å². The van der Waals surface area contributed by atoms with Gasteiger partial charge in [-0.25, -0.2) is 4.79 Å². The Morgan fingerprint density at radius 2 is 1.95 bits per heavy atom. The van der Waals surface area contributed by atoms with Crippen LogP contribution >= 0.6 is 61.5 Å². The van der Waals surface area contributed by atoms with Crippen LogP contribution in [0.3, 0.4) is 0 Å². The Hall–Kier alpha value is -0.310. The molecule has 0 spiro atoms. The summed E-state index contributed by atoms with van der Waals surface area (Å²) >= 11 is 14.0. The van der Waals surface area contributed by atoms with E-state index >= 15 is 0 Å². The third-order valence-electron chi connectivity index (χ3n) is 2.79. The van der Waals surface area contributed by atoms with Gasteiger partial charge in [0.1, 0.15) is 0 Å². The summed E-state index contributed by atoms with van der Waals surface area (Å²) in [4.78, 5) is 16.8. The zero-order valence-corrected chi connectivity index (χ0v) is 14.7. The second-order valence-electron chi connectivity index (χ2n) is 4.05. The summed E-state index contributed by atoms with van der Waals surface area (Å²) in [6.45, 7) is 0. The number of rotatable bonds is 2. The predicted molar refractivity (Wildman–Crippen MR) is 91.4 cm³/mol. The molecule has 2 aromatic heterocycles. The van der Waals surface area contributed by atoms with Crippen molar-refractivity contribution in [1.82, 2.24) is 9.97 Å². The van der Waals surface area contributed by atoms with Gasteiger partial charge in [0.2, 0.25) is 0 Å². The number of imidazole rings is 1. The maximum absolute atomic E-state index is 11.3. The average molecular weight is 470 g/mol. The second kappa shape index (κ2) is 5.23. The lowest BCUT2D eigenvalue weighted by molar-refractivity contribution is 1.14. The van der Waals surface area contributed by atoms with Crippen LogP contribution in [0.5, 0.6) is 0 Å². The lowest BCUT2D eigenvalue weighted by Crippen LogP contribution is -1.99. The SMILES string of the molecule is O=c1[nH]c2cc(Br)c(C(Cl)c3csc(I)c3)cc2[nH]1. The van der Waals surface area contributed by atoms with Crippen LogP contribution in [0.4, 0.5) is 0 Å². The van der Waals surface area contributed by atoms with Crippen molar-refractivity contribution in [2.24, 2.45) is 0 Å².